The van der Waals surface area contributed by atoms with E-state index in [9.17, 15) is 9.59 Å². The van der Waals surface area contributed by atoms with Gasteiger partial charge in [0.25, 0.3) is 5.91 Å². The van der Waals surface area contributed by atoms with Gasteiger partial charge in [0.2, 0.25) is 0 Å². The van der Waals surface area contributed by atoms with E-state index in [0.29, 0.717) is 37.6 Å². The molecular formula is C29H28BrN3O5. The van der Waals surface area contributed by atoms with Gasteiger partial charge in [-0.15, -0.1) is 0 Å². The van der Waals surface area contributed by atoms with Crippen LogP contribution in [-0.2, 0) is 14.2 Å². The molecular weight excluding hydrogens is 550 g/mol. The second-order valence-electron chi connectivity index (χ2n) is 8.20. The summed E-state index contributed by atoms with van der Waals surface area (Å²) in [5.41, 5.74) is 1.95. The van der Waals surface area contributed by atoms with Gasteiger partial charge in [0.05, 0.1) is 37.7 Å². The number of carbonyl (C=O) groups excluding carboxylic acids is 2. The number of rotatable bonds is 12. The number of nitrogens with zero attached hydrogens (tertiary/aromatic N) is 2. The molecule has 1 aromatic heterocycles. The van der Waals surface area contributed by atoms with Crippen molar-refractivity contribution in [2.45, 2.75) is 0 Å². The highest BCUT2D eigenvalue weighted by atomic mass is 79.9. The topological polar surface area (TPSA) is 90.0 Å². The summed E-state index contributed by atoms with van der Waals surface area (Å²) >= 11 is 3.36. The monoisotopic (exact) mass is 577 g/mol. The van der Waals surface area contributed by atoms with Crippen molar-refractivity contribution in [3.63, 3.8) is 0 Å². The van der Waals surface area contributed by atoms with Crippen LogP contribution < -0.4 is 10.2 Å². The minimum absolute atomic E-state index is 0.119. The summed E-state index contributed by atoms with van der Waals surface area (Å²) in [5.74, 6) is -0.163. The number of aromatic nitrogens is 1. The number of hydrogen-bond acceptors (Lipinski definition) is 6. The normalized spacial score (nSPS) is 10.8. The summed E-state index contributed by atoms with van der Waals surface area (Å²) in [6, 6.07) is 24.7. The molecule has 196 valence electrons. The number of carbonyl (C=O) groups is 2. The third-order valence-electron chi connectivity index (χ3n) is 5.58. The largest absolute Gasteiger partial charge is 0.447 e. The van der Waals surface area contributed by atoms with Gasteiger partial charge in [0.15, 0.2) is 0 Å². The maximum atomic E-state index is 13.1. The first-order valence-electron chi connectivity index (χ1n) is 12.2. The van der Waals surface area contributed by atoms with Gasteiger partial charge in [-0.3, -0.25) is 15.1 Å². The standard InChI is InChI=1S/C29H28BrN3O5/c30-24-19-23(20-31-21-24)28(34)33(25-9-2-1-3-10-25)13-14-36-15-16-37-17-18-38-29(35)32-27-12-6-8-22-7-4-5-11-26(22)27/h1-12,19-21H,13-18H2,(H,32,35). The van der Waals surface area contributed by atoms with Crippen molar-refractivity contribution in [3.05, 3.63) is 101 Å². The Balaban J connectivity index is 1.14. The smallest absolute Gasteiger partial charge is 0.411 e. The highest BCUT2D eigenvalue weighted by Crippen LogP contribution is 2.23. The first-order valence-corrected chi connectivity index (χ1v) is 13.0. The van der Waals surface area contributed by atoms with Gasteiger partial charge in [0, 0.05) is 34.5 Å². The van der Waals surface area contributed by atoms with Crippen LogP contribution in [0.25, 0.3) is 10.8 Å². The molecule has 4 aromatic rings. The van der Waals surface area contributed by atoms with Gasteiger partial charge in [-0.25, -0.2) is 4.79 Å². The minimum Gasteiger partial charge on any atom is -0.447 e. The van der Waals surface area contributed by atoms with Crippen molar-refractivity contribution in [1.29, 1.82) is 0 Å². The first-order chi connectivity index (χ1) is 18.6. The lowest BCUT2D eigenvalue weighted by Gasteiger charge is -2.23. The van der Waals surface area contributed by atoms with Crippen molar-refractivity contribution in [3.8, 4) is 0 Å². The average molecular weight is 578 g/mol. The molecule has 0 saturated carbocycles. The molecule has 9 heteroatoms. The van der Waals surface area contributed by atoms with Crippen LogP contribution in [0.5, 0.6) is 0 Å². The van der Waals surface area contributed by atoms with Gasteiger partial charge in [-0.05, 0) is 45.6 Å². The van der Waals surface area contributed by atoms with E-state index in [1.807, 2.05) is 72.8 Å². The predicted octanol–water partition coefficient (Wildman–Crippen LogP) is 5.93. The Morgan fingerprint density at radius 1 is 0.816 bits per heavy atom. The highest BCUT2D eigenvalue weighted by molar-refractivity contribution is 9.10. The molecule has 4 rings (SSSR count). The third-order valence-corrected chi connectivity index (χ3v) is 6.02. The van der Waals surface area contributed by atoms with Crippen molar-refractivity contribution in [2.24, 2.45) is 0 Å². The van der Waals surface area contributed by atoms with Crippen LogP contribution >= 0.6 is 15.9 Å². The van der Waals surface area contributed by atoms with Crippen LogP contribution in [0.2, 0.25) is 0 Å². The molecule has 0 saturated heterocycles. The van der Waals surface area contributed by atoms with Crippen molar-refractivity contribution in [1.82, 2.24) is 4.98 Å². The number of hydrogen-bond donors (Lipinski definition) is 1. The lowest BCUT2D eigenvalue weighted by molar-refractivity contribution is 0.0315. The Bertz CT molecular complexity index is 1350. The number of fused-ring (bicyclic) bond motifs is 1. The number of nitrogens with one attached hydrogen (secondary N) is 1. The SMILES string of the molecule is O=C(Nc1cccc2ccccc12)OCCOCCOCCN(C(=O)c1cncc(Br)c1)c1ccccc1. The fourth-order valence-electron chi connectivity index (χ4n) is 3.79. The fourth-order valence-corrected chi connectivity index (χ4v) is 4.16. The molecule has 8 nitrogen and oxygen atoms in total. The number of anilines is 2. The van der Waals surface area contributed by atoms with E-state index in [1.54, 1.807) is 23.4 Å². The summed E-state index contributed by atoms with van der Waals surface area (Å²) < 4.78 is 17.1. The fraction of sp³-hybridized carbons (Fsp3) is 0.207. The van der Waals surface area contributed by atoms with E-state index in [2.05, 4.69) is 26.2 Å². The molecule has 1 N–H and O–H groups in total. The van der Waals surface area contributed by atoms with E-state index in [-0.39, 0.29) is 19.1 Å². The molecule has 0 radical (unpaired) electrons. The lowest BCUT2D eigenvalue weighted by atomic mass is 10.1. The molecule has 0 unspecified atom stereocenters. The van der Waals surface area contributed by atoms with Crippen LogP contribution in [0.3, 0.4) is 0 Å². The molecule has 3 aromatic carbocycles. The van der Waals surface area contributed by atoms with Crippen LogP contribution in [0.15, 0.2) is 95.7 Å². The predicted molar refractivity (Wildman–Crippen MR) is 151 cm³/mol. The Kier molecular flexibility index (Phi) is 10.2. The molecule has 0 fully saturated rings. The summed E-state index contributed by atoms with van der Waals surface area (Å²) in [4.78, 5) is 31.0. The summed E-state index contributed by atoms with van der Waals surface area (Å²) in [6.07, 6.45) is 2.64. The second kappa shape index (κ2) is 14.2. The molecule has 0 bridgehead atoms. The van der Waals surface area contributed by atoms with E-state index in [0.717, 1.165) is 20.9 Å². The Morgan fingerprint density at radius 3 is 2.34 bits per heavy atom. The number of halogens is 1. The maximum absolute atomic E-state index is 13.1. The first kappa shape index (κ1) is 27.3. The van der Waals surface area contributed by atoms with Crippen LogP contribution in [0.1, 0.15) is 10.4 Å². The molecule has 0 aliphatic heterocycles. The zero-order valence-corrected chi connectivity index (χ0v) is 22.3. The van der Waals surface area contributed by atoms with Crippen LogP contribution in [0.4, 0.5) is 16.2 Å². The van der Waals surface area contributed by atoms with Crippen molar-refractivity contribution >= 4 is 50.1 Å². The Labute approximate surface area is 229 Å². The summed E-state index contributed by atoms with van der Waals surface area (Å²) in [5, 5.41) is 4.75. The highest BCUT2D eigenvalue weighted by Gasteiger charge is 2.18. The lowest BCUT2D eigenvalue weighted by Crippen LogP contribution is -2.34. The average Bonchev–Trinajstić information content (AvgIpc) is 2.94. The molecule has 38 heavy (non-hydrogen) atoms. The van der Waals surface area contributed by atoms with Crippen LogP contribution in [-0.4, -0.2) is 56.6 Å². The molecule has 2 amide bonds. The Morgan fingerprint density at radius 2 is 1.53 bits per heavy atom. The van der Waals surface area contributed by atoms with Gasteiger partial charge < -0.3 is 19.1 Å². The summed E-state index contributed by atoms with van der Waals surface area (Å²) in [7, 11) is 0. The number of amides is 2. The zero-order valence-electron chi connectivity index (χ0n) is 20.7. The zero-order chi connectivity index (χ0) is 26.6. The third kappa shape index (κ3) is 7.85. The summed E-state index contributed by atoms with van der Waals surface area (Å²) in [6.45, 7) is 1.74. The van der Waals surface area contributed by atoms with E-state index in [4.69, 9.17) is 14.2 Å². The maximum Gasteiger partial charge on any atom is 0.411 e. The van der Waals surface area contributed by atoms with E-state index >= 15 is 0 Å². The number of pyridine rings is 1. The van der Waals surface area contributed by atoms with Crippen molar-refractivity contribution in [2.75, 3.05) is 49.8 Å². The van der Waals surface area contributed by atoms with E-state index in [1.165, 1.54) is 0 Å². The Hall–Kier alpha value is -3.79. The molecule has 1 heterocycles. The number of benzene rings is 3. The molecule has 0 aliphatic rings. The molecule has 0 atom stereocenters. The quantitative estimate of drug-likeness (QED) is 0.210. The van der Waals surface area contributed by atoms with Gasteiger partial charge in [-0.2, -0.15) is 0 Å². The van der Waals surface area contributed by atoms with Crippen molar-refractivity contribution < 1.29 is 23.8 Å². The second-order valence-corrected chi connectivity index (χ2v) is 9.11. The minimum atomic E-state index is -0.535. The number of para-hydroxylation sites is 1. The van der Waals surface area contributed by atoms with Gasteiger partial charge in [-0.1, -0.05) is 54.6 Å². The van der Waals surface area contributed by atoms with Gasteiger partial charge in [0.1, 0.15) is 6.61 Å². The molecule has 0 aliphatic carbocycles. The van der Waals surface area contributed by atoms with E-state index < -0.39 is 6.09 Å². The molecule has 0 spiro atoms. The number of ether oxygens (including phenoxy) is 3. The van der Waals surface area contributed by atoms with Crippen LogP contribution in [0, 0.1) is 0 Å². The van der Waals surface area contributed by atoms with Gasteiger partial charge >= 0.3 is 6.09 Å².